The van der Waals surface area contributed by atoms with Crippen LogP contribution in [-0.2, 0) is 13.0 Å². The van der Waals surface area contributed by atoms with Gasteiger partial charge in [0.25, 0.3) is 0 Å². The molecule has 0 N–H and O–H groups in total. The lowest BCUT2D eigenvalue weighted by molar-refractivity contribution is 0.692. The predicted molar refractivity (Wildman–Crippen MR) is 73.7 cm³/mol. The number of hydrogen-bond donors (Lipinski definition) is 0. The smallest absolute Gasteiger partial charge is 0.185 e. The van der Waals surface area contributed by atoms with Crippen molar-refractivity contribution in [1.82, 2.24) is 19.7 Å². The highest BCUT2D eigenvalue weighted by atomic mass is 15.3. The van der Waals surface area contributed by atoms with Crippen molar-refractivity contribution >= 4 is 11.0 Å². The van der Waals surface area contributed by atoms with E-state index in [-0.39, 0.29) is 0 Å². The van der Waals surface area contributed by atoms with Crippen LogP contribution in [0, 0.1) is 6.20 Å². The van der Waals surface area contributed by atoms with Crippen LogP contribution in [0.4, 0.5) is 0 Å². The lowest BCUT2D eigenvalue weighted by atomic mass is 10.2. The Morgan fingerprint density at radius 1 is 1.21 bits per heavy atom. The minimum atomic E-state index is 0.731. The normalized spacial score (nSPS) is 11.0. The van der Waals surface area contributed by atoms with E-state index in [1.165, 1.54) is 5.56 Å². The number of nitrogens with zero attached hydrogens (tertiary/aromatic N) is 4. The van der Waals surface area contributed by atoms with Gasteiger partial charge in [-0.25, -0.2) is 9.97 Å². The first-order chi connectivity index (χ1) is 9.35. The molecule has 0 amide bonds. The maximum atomic E-state index is 4.49. The average Bonchev–Trinajstić information content (AvgIpc) is 2.82. The summed E-state index contributed by atoms with van der Waals surface area (Å²) in [6.45, 7) is 2.86. The standard InChI is InChI=1S/C15H15N4/c1-2-6-14-16-9-13-11-19(18-15(13)17-14)10-12-7-4-3-5-8-12/h3-5,7-8,11H,2,6,10H2,1H3. The van der Waals surface area contributed by atoms with E-state index in [1.807, 2.05) is 29.1 Å². The second kappa shape index (κ2) is 5.18. The summed E-state index contributed by atoms with van der Waals surface area (Å²) in [6.07, 6.45) is 6.86. The molecule has 2 heterocycles. The van der Waals surface area contributed by atoms with Crippen molar-refractivity contribution in [1.29, 1.82) is 0 Å². The highest BCUT2D eigenvalue weighted by molar-refractivity contribution is 5.71. The first-order valence-electron chi connectivity index (χ1n) is 6.51. The van der Waals surface area contributed by atoms with Crippen LogP contribution in [-0.4, -0.2) is 19.7 Å². The molecule has 0 bridgehead atoms. The van der Waals surface area contributed by atoms with Crippen LogP contribution in [0.1, 0.15) is 24.7 Å². The summed E-state index contributed by atoms with van der Waals surface area (Å²) in [6, 6.07) is 10.3. The average molecular weight is 251 g/mol. The van der Waals surface area contributed by atoms with Crippen molar-refractivity contribution in [3.8, 4) is 0 Å². The van der Waals surface area contributed by atoms with Gasteiger partial charge in [-0.1, -0.05) is 37.3 Å². The third-order valence-electron chi connectivity index (χ3n) is 2.94. The van der Waals surface area contributed by atoms with Crippen LogP contribution in [0.25, 0.3) is 11.0 Å². The van der Waals surface area contributed by atoms with Crippen molar-refractivity contribution in [3.63, 3.8) is 0 Å². The number of benzene rings is 1. The molecule has 0 aliphatic heterocycles. The molecular formula is C15H15N4. The first-order valence-corrected chi connectivity index (χ1v) is 6.51. The molecule has 1 aromatic carbocycles. The highest BCUT2D eigenvalue weighted by Crippen LogP contribution is 2.10. The van der Waals surface area contributed by atoms with Gasteiger partial charge < -0.3 is 0 Å². The van der Waals surface area contributed by atoms with E-state index in [4.69, 9.17) is 0 Å². The number of hydrogen-bond acceptors (Lipinski definition) is 3. The fourth-order valence-electron chi connectivity index (χ4n) is 2.03. The minimum absolute atomic E-state index is 0.731. The van der Waals surface area contributed by atoms with Gasteiger partial charge in [-0.15, -0.1) is 0 Å². The molecule has 4 nitrogen and oxygen atoms in total. The zero-order chi connectivity index (χ0) is 13.1. The third-order valence-corrected chi connectivity index (χ3v) is 2.94. The summed E-state index contributed by atoms with van der Waals surface area (Å²) >= 11 is 0. The minimum Gasteiger partial charge on any atom is -0.265 e. The van der Waals surface area contributed by atoms with Crippen LogP contribution >= 0.6 is 0 Å². The molecule has 0 saturated heterocycles. The van der Waals surface area contributed by atoms with E-state index in [2.05, 4.69) is 40.3 Å². The van der Waals surface area contributed by atoms with Crippen LogP contribution in [0.2, 0.25) is 0 Å². The monoisotopic (exact) mass is 251 g/mol. The number of rotatable bonds is 4. The molecule has 0 atom stereocenters. The summed E-state index contributed by atoms with van der Waals surface area (Å²) in [5, 5.41) is 5.36. The summed E-state index contributed by atoms with van der Waals surface area (Å²) in [5.41, 5.74) is 1.95. The molecule has 95 valence electrons. The molecular weight excluding hydrogens is 236 g/mol. The Hall–Kier alpha value is -2.23. The zero-order valence-corrected chi connectivity index (χ0v) is 10.9. The van der Waals surface area contributed by atoms with E-state index in [9.17, 15) is 0 Å². The molecule has 0 aliphatic carbocycles. The summed E-state index contributed by atoms with van der Waals surface area (Å²) in [5.74, 6) is 0.819. The SMILES string of the molecule is CCCc1n[c]c2cn(Cc3ccccc3)nc2n1. The van der Waals surface area contributed by atoms with Crippen LogP contribution in [0.5, 0.6) is 0 Å². The lowest BCUT2D eigenvalue weighted by Gasteiger charge is -1.99. The maximum absolute atomic E-state index is 4.49. The Morgan fingerprint density at radius 3 is 2.84 bits per heavy atom. The van der Waals surface area contributed by atoms with Crippen LogP contribution in [0.15, 0.2) is 36.5 Å². The van der Waals surface area contributed by atoms with Gasteiger partial charge in [0.2, 0.25) is 0 Å². The Labute approximate surface area is 112 Å². The number of aromatic nitrogens is 4. The van der Waals surface area contributed by atoms with Crippen molar-refractivity contribution < 1.29 is 0 Å². The molecule has 0 aliphatic rings. The van der Waals surface area contributed by atoms with Gasteiger partial charge in [0.15, 0.2) is 5.65 Å². The number of aryl methyl sites for hydroxylation is 1. The molecule has 3 aromatic rings. The Balaban J connectivity index is 1.89. The molecule has 2 aromatic heterocycles. The van der Waals surface area contributed by atoms with Gasteiger partial charge in [0, 0.05) is 12.6 Å². The van der Waals surface area contributed by atoms with Crippen molar-refractivity contribution in [2.75, 3.05) is 0 Å². The second-order valence-corrected chi connectivity index (χ2v) is 4.55. The van der Waals surface area contributed by atoms with Gasteiger partial charge in [0.05, 0.1) is 11.9 Å². The predicted octanol–water partition coefficient (Wildman–Crippen LogP) is 2.63. The summed E-state index contributed by atoms with van der Waals surface area (Å²) in [7, 11) is 0. The molecule has 3 rings (SSSR count). The van der Waals surface area contributed by atoms with Crippen molar-refractivity contribution in [2.24, 2.45) is 0 Å². The van der Waals surface area contributed by atoms with Gasteiger partial charge in [-0.05, 0) is 12.0 Å². The van der Waals surface area contributed by atoms with E-state index >= 15 is 0 Å². The highest BCUT2D eigenvalue weighted by Gasteiger charge is 2.05. The van der Waals surface area contributed by atoms with E-state index in [1.54, 1.807) is 0 Å². The molecule has 0 spiro atoms. The third kappa shape index (κ3) is 2.62. The van der Waals surface area contributed by atoms with Gasteiger partial charge in [-0.2, -0.15) is 5.10 Å². The fourth-order valence-corrected chi connectivity index (χ4v) is 2.03. The molecule has 4 heteroatoms. The van der Waals surface area contributed by atoms with E-state index in [0.29, 0.717) is 0 Å². The van der Waals surface area contributed by atoms with Crippen molar-refractivity contribution in [2.45, 2.75) is 26.3 Å². The number of fused-ring (bicyclic) bond motifs is 1. The van der Waals surface area contributed by atoms with E-state index < -0.39 is 0 Å². The Bertz CT molecular complexity index is 673. The molecule has 0 fully saturated rings. The van der Waals surface area contributed by atoms with Gasteiger partial charge in [-0.3, -0.25) is 4.68 Å². The Morgan fingerprint density at radius 2 is 2.05 bits per heavy atom. The molecule has 0 unspecified atom stereocenters. The van der Waals surface area contributed by atoms with Gasteiger partial charge in [0.1, 0.15) is 12.0 Å². The Kier molecular flexibility index (Phi) is 3.23. The van der Waals surface area contributed by atoms with Gasteiger partial charge >= 0.3 is 0 Å². The lowest BCUT2D eigenvalue weighted by Crippen LogP contribution is -1.99. The molecule has 1 radical (unpaired) electrons. The topological polar surface area (TPSA) is 43.6 Å². The maximum Gasteiger partial charge on any atom is 0.185 e. The van der Waals surface area contributed by atoms with Crippen LogP contribution < -0.4 is 0 Å². The molecule has 0 saturated carbocycles. The summed E-state index contributed by atoms with van der Waals surface area (Å²) < 4.78 is 1.89. The quantitative estimate of drug-likeness (QED) is 0.716. The first kappa shape index (κ1) is 11.8. The van der Waals surface area contributed by atoms with Crippen LogP contribution in [0.3, 0.4) is 0 Å². The van der Waals surface area contributed by atoms with Crippen molar-refractivity contribution in [3.05, 3.63) is 54.1 Å². The fraction of sp³-hybridized carbons (Fsp3) is 0.267. The zero-order valence-electron chi connectivity index (χ0n) is 10.9. The second-order valence-electron chi connectivity index (χ2n) is 4.55. The summed E-state index contributed by atoms with van der Waals surface area (Å²) in [4.78, 5) is 8.68. The van der Waals surface area contributed by atoms with E-state index in [0.717, 1.165) is 36.2 Å². The largest absolute Gasteiger partial charge is 0.265 e. The molecule has 19 heavy (non-hydrogen) atoms.